The molecule has 0 radical (unpaired) electrons. The first-order chi connectivity index (χ1) is 22.2. The van der Waals surface area contributed by atoms with Gasteiger partial charge in [-0.25, -0.2) is 14.6 Å². The van der Waals surface area contributed by atoms with Crippen LogP contribution in [0, 0.1) is 6.92 Å². The number of aromatic nitrogens is 1. The molecule has 1 fully saturated rings. The van der Waals surface area contributed by atoms with E-state index in [0.717, 1.165) is 5.56 Å². The highest BCUT2D eigenvalue weighted by Crippen LogP contribution is 2.46. The van der Waals surface area contributed by atoms with Crippen LogP contribution in [0.15, 0.2) is 60.8 Å². The minimum absolute atomic E-state index is 0.110. The van der Waals surface area contributed by atoms with E-state index in [2.05, 4.69) is 20.9 Å². The fourth-order valence-electron chi connectivity index (χ4n) is 5.81. The number of methoxy groups -OCH3 is 1. The second-order valence-corrected chi connectivity index (χ2v) is 12.0. The first-order valence-electron chi connectivity index (χ1n) is 14.7. The van der Waals surface area contributed by atoms with E-state index in [0.29, 0.717) is 63.0 Å². The van der Waals surface area contributed by atoms with Gasteiger partial charge in [-0.05, 0) is 61.7 Å². The van der Waals surface area contributed by atoms with Gasteiger partial charge in [-0.3, -0.25) is 14.5 Å². The van der Waals surface area contributed by atoms with Crippen LogP contribution >= 0.6 is 11.3 Å². The summed E-state index contributed by atoms with van der Waals surface area (Å²) in [5.41, 5.74) is 2.46. The number of pyridine rings is 1. The second kappa shape index (κ2) is 13.0. The third kappa shape index (κ3) is 6.17. The van der Waals surface area contributed by atoms with E-state index in [1.807, 2.05) is 49.4 Å². The Morgan fingerprint density at radius 3 is 2.67 bits per heavy atom. The van der Waals surface area contributed by atoms with Crippen molar-refractivity contribution in [2.45, 2.75) is 31.8 Å². The van der Waals surface area contributed by atoms with Gasteiger partial charge in [0.15, 0.2) is 0 Å². The van der Waals surface area contributed by atoms with Gasteiger partial charge in [0.1, 0.15) is 27.2 Å². The van der Waals surface area contributed by atoms with Crippen LogP contribution in [0.1, 0.15) is 28.1 Å². The zero-order valence-electron chi connectivity index (χ0n) is 25.1. The minimum atomic E-state index is -1.33. The maximum atomic E-state index is 13.6. The van der Waals surface area contributed by atoms with E-state index in [4.69, 9.17) is 14.6 Å². The smallest absolute Gasteiger partial charge is 0.405 e. The molecule has 2 unspecified atom stereocenters. The van der Waals surface area contributed by atoms with Crippen LogP contribution in [0.5, 0.6) is 11.5 Å². The van der Waals surface area contributed by atoms with Crippen molar-refractivity contribution in [1.29, 1.82) is 0 Å². The predicted octanol–water partition coefficient (Wildman–Crippen LogP) is 5.08. The number of aryl methyl sites for hydroxylation is 1. The van der Waals surface area contributed by atoms with Crippen LogP contribution in [-0.2, 0) is 9.53 Å². The summed E-state index contributed by atoms with van der Waals surface area (Å²) < 4.78 is 11.0. The topological polar surface area (TPSA) is 162 Å². The zero-order valence-corrected chi connectivity index (χ0v) is 25.9. The van der Waals surface area contributed by atoms with Gasteiger partial charge in [0.05, 0.1) is 29.1 Å². The molecule has 0 aliphatic carbocycles. The molecular formula is C32H32N6O7S. The number of carboxylic acid groups (broad SMARTS) is 1. The summed E-state index contributed by atoms with van der Waals surface area (Å²) in [6.07, 6.45) is 1.53. The molecule has 2 aliphatic heterocycles. The molecule has 5 amide bonds. The quantitative estimate of drug-likeness (QED) is 0.196. The highest BCUT2D eigenvalue weighted by molar-refractivity contribution is 7.21. The van der Waals surface area contributed by atoms with Crippen molar-refractivity contribution in [3.8, 4) is 11.5 Å². The molecule has 0 bridgehead atoms. The van der Waals surface area contributed by atoms with Gasteiger partial charge in [0.25, 0.3) is 5.91 Å². The normalized spacial score (nSPS) is 16.5. The summed E-state index contributed by atoms with van der Waals surface area (Å²) in [7, 11) is 1.39. The van der Waals surface area contributed by atoms with E-state index < -0.39 is 30.0 Å². The lowest BCUT2D eigenvalue weighted by molar-refractivity contribution is -0.136. The van der Waals surface area contributed by atoms with Crippen LogP contribution in [0.4, 0.5) is 26.7 Å². The summed E-state index contributed by atoms with van der Waals surface area (Å²) in [5.74, 6) is 0.521. The fraction of sp³-hybridized carbons (Fsp3) is 0.281. The van der Waals surface area contributed by atoms with Crippen molar-refractivity contribution in [2.24, 2.45) is 0 Å². The van der Waals surface area contributed by atoms with Crippen molar-refractivity contribution in [1.82, 2.24) is 20.5 Å². The standard InChI is InChI=1S/C32H32N6O7S/c1-18-15-21(45-20-8-4-3-5-9-20)10-11-23(18)38-24-12-13-33-29-25(24)26(36-31(38)41)27(46-29)28(39)34-19-7-6-14-37(16-19)30(40)22(17-44-2)35-32(42)43/h3-5,8-13,15,19,22,35H,6-7,14,16-17H2,1-2H3,(H,34,39)(H,36,41)(H,42,43). The Morgan fingerprint density at radius 2 is 1.93 bits per heavy atom. The highest BCUT2D eigenvalue weighted by atomic mass is 32.1. The summed E-state index contributed by atoms with van der Waals surface area (Å²) in [6, 6.07) is 14.8. The van der Waals surface area contributed by atoms with Gasteiger partial charge in [0.2, 0.25) is 5.91 Å². The number of ether oxygens (including phenoxy) is 2. The maximum Gasteiger partial charge on any atom is 0.405 e. The fourth-order valence-corrected chi connectivity index (χ4v) is 6.83. The Hall–Kier alpha value is -5.21. The molecule has 14 heteroatoms. The van der Waals surface area contributed by atoms with Crippen LogP contribution in [0.3, 0.4) is 0 Å². The van der Waals surface area contributed by atoms with E-state index in [1.54, 1.807) is 23.2 Å². The third-order valence-electron chi connectivity index (χ3n) is 7.84. The Kier molecular flexibility index (Phi) is 8.72. The number of anilines is 3. The molecular weight excluding hydrogens is 612 g/mol. The average molecular weight is 645 g/mol. The second-order valence-electron chi connectivity index (χ2n) is 11.0. The van der Waals surface area contributed by atoms with Crippen molar-refractivity contribution in [2.75, 3.05) is 37.0 Å². The number of hydrogen-bond acceptors (Lipinski definition) is 8. The summed E-state index contributed by atoms with van der Waals surface area (Å²) in [5, 5.41) is 17.9. The Morgan fingerprint density at radius 1 is 1.13 bits per heavy atom. The number of piperidine rings is 1. The van der Waals surface area contributed by atoms with E-state index in [-0.39, 0.29) is 19.2 Å². The Labute approximate surface area is 268 Å². The van der Waals surface area contributed by atoms with Crippen molar-refractivity contribution >= 4 is 62.6 Å². The number of hydrogen-bond donors (Lipinski definition) is 4. The zero-order chi connectivity index (χ0) is 32.4. The van der Waals surface area contributed by atoms with Gasteiger partial charge < -0.3 is 35.4 Å². The Balaban J connectivity index is 1.22. The maximum absolute atomic E-state index is 13.6. The van der Waals surface area contributed by atoms with Gasteiger partial charge in [-0.15, -0.1) is 11.3 Å². The molecule has 4 N–H and O–H groups in total. The summed E-state index contributed by atoms with van der Waals surface area (Å²) >= 11 is 1.18. The average Bonchev–Trinajstić information content (AvgIpc) is 3.41. The summed E-state index contributed by atoms with van der Waals surface area (Å²) in [6.45, 7) is 2.42. The first-order valence-corrected chi connectivity index (χ1v) is 15.5. The number of carbonyl (C=O) groups is 4. The largest absolute Gasteiger partial charge is 0.465 e. The van der Waals surface area contributed by atoms with Gasteiger partial charge in [-0.2, -0.15) is 0 Å². The van der Waals surface area contributed by atoms with Crippen LogP contribution < -0.4 is 25.6 Å². The number of amides is 5. The van der Waals surface area contributed by atoms with E-state index >= 15 is 0 Å². The highest BCUT2D eigenvalue weighted by Gasteiger charge is 2.35. The van der Waals surface area contributed by atoms with Gasteiger partial charge in [-0.1, -0.05) is 18.2 Å². The molecule has 4 heterocycles. The van der Waals surface area contributed by atoms with Gasteiger partial charge in [0, 0.05) is 32.4 Å². The molecule has 4 aromatic rings. The van der Waals surface area contributed by atoms with Gasteiger partial charge >= 0.3 is 12.1 Å². The number of nitrogens with zero attached hydrogens (tertiary/aromatic N) is 3. The molecule has 2 atom stereocenters. The third-order valence-corrected chi connectivity index (χ3v) is 8.93. The number of likely N-dealkylation sites (tertiary alicyclic amines) is 1. The molecule has 46 heavy (non-hydrogen) atoms. The predicted molar refractivity (Wildman–Crippen MR) is 172 cm³/mol. The molecule has 238 valence electrons. The summed E-state index contributed by atoms with van der Waals surface area (Å²) in [4.78, 5) is 60.0. The number of rotatable bonds is 9. The van der Waals surface area contributed by atoms with Crippen molar-refractivity contribution < 1.29 is 33.8 Å². The van der Waals surface area contributed by atoms with Crippen LogP contribution in [-0.4, -0.2) is 77.8 Å². The molecule has 6 rings (SSSR count). The van der Waals surface area contributed by atoms with Crippen molar-refractivity contribution in [3.63, 3.8) is 0 Å². The molecule has 2 aromatic carbocycles. The van der Waals surface area contributed by atoms with E-state index in [1.165, 1.54) is 23.3 Å². The van der Waals surface area contributed by atoms with Crippen LogP contribution in [0.25, 0.3) is 10.2 Å². The first kappa shape index (κ1) is 30.8. The van der Waals surface area contributed by atoms with Crippen LogP contribution in [0.2, 0.25) is 0 Å². The molecule has 0 saturated carbocycles. The number of carbonyl (C=O) groups excluding carboxylic acids is 3. The molecule has 0 spiro atoms. The molecule has 13 nitrogen and oxygen atoms in total. The molecule has 2 aliphatic rings. The monoisotopic (exact) mass is 644 g/mol. The number of nitrogens with one attached hydrogen (secondary N) is 3. The number of thiophene rings is 1. The van der Waals surface area contributed by atoms with E-state index in [9.17, 15) is 19.2 Å². The minimum Gasteiger partial charge on any atom is -0.465 e. The lowest BCUT2D eigenvalue weighted by Crippen LogP contribution is -2.56. The Bertz CT molecular complexity index is 1810. The number of para-hydroxylation sites is 1. The lowest BCUT2D eigenvalue weighted by atomic mass is 10.0. The SMILES string of the molecule is COCC(NC(=O)O)C(=O)N1CCCC(NC(=O)c2sc3nccc4c3c2NC(=O)N4c2ccc(Oc3ccccc3)cc2C)C1. The lowest BCUT2D eigenvalue weighted by Gasteiger charge is -2.35. The number of benzene rings is 2. The molecule has 2 aromatic heterocycles. The molecule has 1 saturated heterocycles. The number of urea groups is 1. The van der Waals surface area contributed by atoms with Crippen molar-refractivity contribution in [3.05, 3.63) is 71.2 Å².